The van der Waals surface area contributed by atoms with Crippen molar-refractivity contribution >= 4 is 5.91 Å². The predicted molar refractivity (Wildman–Crippen MR) is 332 cm³/mol. The molecule has 3 fully saturated rings. The fraction of sp³-hybridized carbons (Fsp3) is 0.836. The summed E-state index contributed by atoms with van der Waals surface area (Å²) in [6, 6.07) is -0.992. The van der Waals surface area contributed by atoms with E-state index in [1.54, 1.807) is 6.08 Å². The van der Waals surface area contributed by atoms with Crippen LogP contribution in [0.2, 0.25) is 0 Å². The maximum atomic E-state index is 13.4. The van der Waals surface area contributed by atoms with E-state index in [9.17, 15) is 61.0 Å². The molecular weight excluding hydrogens is 1110 g/mol. The van der Waals surface area contributed by atoms with Crippen LogP contribution in [0.25, 0.3) is 0 Å². The minimum absolute atomic E-state index is 0.231. The SMILES string of the molecule is CCCCCCC/C=C\C/C=C\C/C=C\CCCCCCCCCCCCCCC(=O)NC(COC1OC(CO)C(OC2OC(CO)C(OC3OC(CO)C(O)C(O)C3O)C(O)C2O)C(O)C1O)C(O)/C=C/CC/C=C/CCCCCCCCCC. The first-order valence-corrected chi connectivity index (χ1v) is 33.5. The monoisotopic (exact) mass is 1230 g/mol. The predicted octanol–water partition coefficient (Wildman–Crippen LogP) is 7.99. The highest BCUT2D eigenvalue weighted by Crippen LogP contribution is 2.33. The van der Waals surface area contributed by atoms with E-state index in [1.807, 2.05) is 6.08 Å². The van der Waals surface area contributed by atoms with Crippen LogP contribution < -0.4 is 5.32 Å². The first-order chi connectivity index (χ1) is 41.8. The number of aliphatic hydroxyl groups is 11. The van der Waals surface area contributed by atoms with Crippen molar-refractivity contribution in [2.45, 2.75) is 330 Å². The van der Waals surface area contributed by atoms with Crippen molar-refractivity contribution in [2.75, 3.05) is 26.4 Å². The molecule has 17 atom stereocenters. The third kappa shape index (κ3) is 31.5. The molecule has 500 valence electrons. The molecule has 3 saturated heterocycles. The lowest BCUT2D eigenvalue weighted by Gasteiger charge is -2.48. The fourth-order valence-corrected chi connectivity index (χ4v) is 11.0. The van der Waals surface area contributed by atoms with Gasteiger partial charge in [0, 0.05) is 6.42 Å². The van der Waals surface area contributed by atoms with Crippen molar-refractivity contribution in [3.05, 3.63) is 60.8 Å². The van der Waals surface area contributed by atoms with Crippen molar-refractivity contribution in [1.82, 2.24) is 5.32 Å². The molecule has 3 aliphatic heterocycles. The zero-order valence-corrected chi connectivity index (χ0v) is 52.5. The van der Waals surface area contributed by atoms with E-state index >= 15 is 0 Å². The van der Waals surface area contributed by atoms with E-state index in [0.717, 1.165) is 64.2 Å². The van der Waals surface area contributed by atoms with Gasteiger partial charge in [0.1, 0.15) is 73.2 Å². The number of carbonyl (C=O) groups is 1. The van der Waals surface area contributed by atoms with Gasteiger partial charge in [-0.1, -0.05) is 209 Å². The second-order valence-electron chi connectivity index (χ2n) is 23.9. The van der Waals surface area contributed by atoms with E-state index in [-0.39, 0.29) is 18.9 Å². The Bertz CT molecular complexity index is 1800. The molecule has 0 aromatic rings. The average Bonchev–Trinajstić information content (AvgIpc) is 1.96. The third-order valence-corrected chi connectivity index (χ3v) is 16.5. The van der Waals surface area contributed by atoms with E-state index in [0.29, 0.717) is 12.8 Å². The van der Waals surface area contributed by atoms with Crippen molar-refractivity contribution in [3.63, 3.8) is 0 Å². The first kappa shape index (κ1) is 77.7. The standard InChI is InChI=1S/C67H119NO18/c1-3-5-7-9-11-13-15-17-19-20-21-22-23-24-25-26-27-28-29-30-31-33-35-37-39-41-43-45-55(73)68-50(51(72)44-42-40-38-36-34-32-18-16-14-12-10-8-6-4-2)49-81-65-61(79)58(76)63(53(47-70)83-65)86-67-62(80)59(77)64(54(48-71)84-67)85-66-60(78)57(75)56(74)52(46-69)82-66/h15,17,20-21,23-24,34,36,42,44,50-54,56-67,69-72,74-80H,3-14,16,18-19,22,25-33,35,37-41,43,45-49H2,1-2H3,(H,68,73)/b17-15-,21-20-,24-23-,36-34+,44-42+. The molecule has 3 rings (SSSR count). The summed E-state index contributed by atoms with van der Waals surface area (Å²) in [5.41, 5.74) is 0. The summed E-state index contributed by atoms with van der Waals surface area (Å²) in [5.74, 6) is -0.289. The van der Waals surface area contributed by atoms with Gasteiger partial charge in [-0.2, -0.15) is 0 Å². The van der Waals surface area contributed by atoms with Crippen LogP contribution in [0.1, 0.15) is 226 Å². The summed E-state index contributed by atoms with van der Waals surface area (Å²) in [6.07, 6.45) is 32.0. The normalized spacial score (nSPS) is 29.2. The molecule has 0 spiro atoms. The second-order valence-corrected chi connectivity index (χ2v) is 23.9. The van der Waals surface area contributed by atoms with Gasteiger partial charge in [-0.05, 0) is 70.6 Å². The highest BCUT2D eigenvalue weighted by molar-refractivity contribution is 5.76. The quantitative estimate of drug-likeness (QED) is 0.0203. The minimum Gasteiger partial charge on any atom is -0.394 e. The zero-order chi connectivity index (χ0) is 62.6. The Morgan fingerprint density at radius 2 is 0.779 bits per heavy atom. The summed E-state index contributed by atoms with van der Waals surface area (Å²) >= 11 is 0. The number of carbonyl (C=O) groups excluding carboxylic acids is 1. The average molecular weight is 1230 g/mol. The Morgan fingerprint density at radius 1 is 0.419 bits per heavy atom. The molecule has 1 amide bonds. The maximum absolute atomic E-state index is 13.4. The van der Waals surface area contributed by atoms with Crippen LogP contribution >= 0.6 is 0 Å². The van der Waals surface area contributed by atoms with Gasteiger partial charge < -0.3 is 89.9 Å². The summed E-state index contributed by atoms with van der Waals surface area (Å²) in [4.78, 5) is 13.4. The topological polar surface area (TPSA) is 307 Å². The second kappa shape index (κ2) is 49.2. The third-order valence-electron chi connectivity index (χ3n) is 16.5. The number of ether oxygens (including phenoxy) is 6. The van der Waals surface area contributed by atoms with Crippen LogP contribution in [0.5, 0.6) is 0 Å². The van der Waals surface area contributed by atoms with Gasteiger partial charge in [0.2, 0.25) is 5.91 Å². The lowest BCUT2D eigenvalue weighted by Crippen LogP contribution is -2.66. The highest BCUT2D eigenvalue weighted by Gasteiger charge is 2.53. The van der Waals surface area contributed by atoms with Crippen molar-refractivity contribution in [3.8, 4) is 0 Å². The van der Waals surface area contributed by atoms with Crippen molar-refractivity contribution in [2.24, 2.45) is 0 Å². The van der Waals surface area contributed by atoms with E-state index in [4.69, 9.17) is 28.4 Å². The Labute approximate surface area is 515 Å². The summed E-state index contributed by atoms with van der Waals surface area (Å²) in [7, 11) is 0. The van der Waals surface area contributed by atoms with Gasteiger partial charge >= 0.3 is 0 Å². The van der Waals surface area contributed by atoms with Crippen LogP contribution in [-0.2, 0) is 33.2 Å². The van der Waals surface area contributed by atoms with Crippen LogP contribution in [0.3, 0.4) is 0 Å². The Kier molecular flexibility index (Phi) is 44.5. The smallest absolute Gasteiger partial charge is 0.220 e. The molecule has 0 aliphatic carbocycles. The number of rotatable bonds is 50. The van der Waals surface area contributed by atoms with Crippen molar-refractivity contribution < 1.29 is 89.4 Å². The van der Waals surface area contributed by atoms with E-state index in [2.05, 4.69) is 67.8 Å². The van der Waals surface area contributed by atoms with Gasteiger partial charge in [0.05, 0.1) is 38.6 Å². The molecule has 12 N–H and O–H groups in total. The lowest BCUT2D eigenvalue weighted by molar-refractivity contribution is -0.379. The molecule has 3 heterocycles. The molecule has 0 aromatic carbocycles. The van der Waals surface area contributed by atoms with E-state index in [1.165, 1.54) is 128 Å². The Balaban J connectivity index is 1.43. The fourth-order valence-electron chi connectivity index (χ4n) is 11.0. The molecule has 3 aliphatic rings. The molecule has 86 heavy (non-hydrogen) atoms. The molecule has 17 unspecified atom stereocenters. The van der Waals surface area contributed by atoms with Crippen LogP contribution in [0.15, 0.2) is 60.8 Å². The number of allylic oxidation sites excluding steroid dienone is 9. The first-order valence-electron chi connectivity index (χ1n) is 33.5. The van der Waals surface area contributed by atoms with Gasteiger partial charge in [0.25, 0.3) is 0 Å². The summed E-state index contributed by atoms with van der Waals surface area (Å²) in [6.45, 7) is 1.68. The van der Waals surface area contributed by atoms with Crippen LogP contribution in [0, 0.1) is 0 Å². The van der Waals surface area contributed by atoms with Gasteiger partial charge in [-0.3, -0.25) is 4.79 Å². The molecule has 0 bridgehead atoms. The van der Waals surface area contributed by atoms with Gasteiger partial charge in [0.15, 0.2) is 18.9 Å². The van der Waals surface area contributed by atoms with Crippen LogP contribution in [0.4, 0.5) is 0 Å². The Hall–Kier alpha value is -2.51. The largest absolute Gasteiger partial charge is 0.394 e. The van der Waals surface area contributed by atoms with Crippen molar-refractivity contribution in [1.29, 1.82) is 0 Å². The lowest BCUT2D eigenvalue weighted by atomic mass is 9.96. The highest BCUT2D eigenvalue weighted by atomic mass is 16.8. The molecular formula is C67H119NO18. The number of unbranched alkanes of at least 4 members (excludes halogenated alkanes) is 26. The molecule has 0 aromatic heterocycles. The molecule has 19 heteroatoms. The minimum atomic E-state index is -1.98. The molecule has 0 saturated carbocycles. The van der Waals surface area contributed by atoms with Gasteiger partial charge in [-0.15, -0.1) is 0 Å². The molecule has 0 radical (unpaired) electrons. The molecule has 19 nitrogen and oxygen atoms in total. The summed E-state index contributed by atoms with van der Waals surface area (Å²) < 4.78 is 34.3. The number of aliphatic hydroxyl groups excluding tert-OH is 11. The summed E-state index contributed by atoms with van der Waals surface area (Å²) in [5, 5.41) is 120. The van der Waals surface area contributed by atoms with E-state index < -0.39 is 124 Å². The zero-order valence-electron chi connectivity index (χ0n) is 52.5. The van der Waals surface area contributed by atoms with Crippen LogP contribution in [-0.4, -0.2) is 193 Å². The number of hydrogen-bond donors (Lipinski definition) is 12. The maximum Gasteiger partial charge on any atom is 0.220 e. The number of amides is 1. The van der Waals surface area contributed by atoms with Gasteiger partial charge in [-0.25, -0.2) is 0 Å². The number of hydrogen-bond acceptors (Lipinski definition) is 18. The Morgan fingerprint density at radius 3 is 1.24 bits per heavy atom. The number of nitrogens with one attached hydrogen (secondary N) is 1.